The Labute approximate surface area is 141 Å². The largest absolute Gasteiger partial charge is 0.497 e. The molecule has 0 fully saturated rings. The maximum atomic E-state index is 12.0. The van der Waals surface area contributed by atoms with E-state index in [2.05, 4.69) is 16.2 Å². The molecule has 1 aromatic rings. The Morgan fingerprint density at radius 1 is 1.22 bits per heavy atom. The molecule has 0 aliphatic rings. The van der Waals surface area contributed by atoms with Gasteiger partial charge in [0, 0.05) is 24.8 Å². The van der Waals surface area contributed by atoms with Crippen LogP contribution in [0.5, 0.6) is 11.5 Å². The van der Waals surface area contributed by atoms with Gasteiger partial charge in [-0.05, 0) is 25.2 Å². The van der Waals surface area contributed by atoms with Crippen LogP contribution in [0.25, 0.3) is 0 Å². The SMILES string of the molecule is COC[C@@H](C)NC(=S)NNC(=O)Cc1ccc(OC)cc1OC. The normalized spacial score (nSPS) is 11.3. The van der Waals surface area contributed by atoms with Gasteiger partial charge in [0.15, 0.2) is 5.11 Å². The van der Waals surface area contributed by atoms with Crippen molar-refractivity contribution in [3.8, 4) is 11.5 Å². The number of amides is 1. The minimum Gasteiger partial charge on any atom is -0.497 e. The van der Waals surface area contributed by atoms with Crippen LogP contribution in [-0.4, -0.2) is 45.0 Å². The van der Waals surface area contributed by atoms with E-state index >= 15 is 0 Å². The summed E-state index contributed by atoms with van der Waals surface area (Å²) in [5.74, 6) is 1.02. The summed E-state index contributed by atoms with van der Waals surface area (Å²) < 4.78 is 15.4. The number of rotatable bonds is 7. The molecule has 0 heterocycles. The average Bonchev–Trinajstić information content (AvgIpc) is 2.53. The molecule has 1 rings (SSSR count). The van der Waals surface area contributed by atoms with Crippen LogP contribution in [0.4, 0.5) is 0 Å². The van der Waals surface area contributed by atoms with E-state index in [1.807, 2.05) is 6.92 Å². The second kappa shape index (κ2) is 9.86. The Balaban J connectivity index is 2.49. The van der Waals surface area contributed by atoms with Crippen LogP contribution >= 0.6 is 12.2 Å². The van der Waals surface area contributed by atoms with Gasteiger partial charge in [-0.25, -0.2) is 0 Å². The Bertz CT molecular complexity index is 539. The van der Waals surface area contributed by atoms with Crippen LogP contribution in [0, 0.1) is 0 Å². The van der Waals surface area contributed by atoms with Crippen LogP contribution < -0.4 is 25.6 Å². The lowest BCUT2D eigenvalue weighted by molar-refractivity contribution is -0.121. The number of nitrogens with one attached hydrogen (secondary N) is 3. The molecule has 0 unspecified atom stereocenters. The molecule has 7 nitrogen and oxygen atoms in total. The maximum Gasteiger partial charge on any atom is 0.242 e. The standard InChI is InChI=1S/C15H23N3O4S/c1-10(9-20-2)16-15(23)18-17-14(19)7-11-5-6-12(21-3)8-13(11)22-4/h5-6,8,10H,7,9H2,1-4H3,(H,17,19)(H2,16,18,23)/t10-/m1/s1. The molecule has 8 heteroatoms. The van der Waals surface area contributed by atoms with Crippen molar-refractivity contribution in [2.24, 2.45) is 0 Å². The minimum absolute atomic E-state index is 0.0404. The number of carbonyl (C=O) groups is 1. The number of hydrogen-bond donors (Lipinski definition) is 3. The van der Waals surface area contributed by atoms with E-state index < -0.39 is 0 Å². The van der Waals surface area contributed by atoms with Gasteiger partial charge in [0.25, 0.3) is 0 Å². The molecule has 1 amide bonds. The summed E-state index contributed by atoms with van der Waals surface area (Å²) in [4.78, 5) is 12.0. The van der Waals surface area contributed by atoms with Gasteiger partial charge in [-0.2, -0.15) is 0 Å². The van der Waals surface area contributed by atoms with Crippen molar-refractivity contribution in [1.29, 1.82) is 0 Å². The van der Waals surface area contributed by atoms with Gasteiger partial charge < -0.3 is 19.5 Å². The molecule has 0 saturated heterocycles. The predicted octanol–water partition coefficient (Wildman–Crippen LogP) is 0.777. The molecule has 0 spiro atoms. The Kier molecular flexibility index (Phi) is 8.14. The first-order valence-corrected chi connectivity index (χ1v) is 7.46. The van der Waals surface area contributed by atoms with E-state index in [0.29, 0.717) is 23.2 Å². The van der Waals surface area contributed by atoms with Crippen molar-refractivity contribution < 1.29 is 19.0 Å². The Morgan fingerprint density at radius 2 is 1.96 bits per heavy atom. The molecule has 128 valence electrons. The molecule has 23 heavy (non-hydrogen) atoms. The average molecular weight is 341 g/mol. The zero-order valence-corrected chi connectivity index (χ0v) is 14.6. The summed E-state index contributed by atoms with van der Waals surface area (Å²) in [5, 5.41) is 3.30. The Morgan fingerprint density at radius 3 is 2.57 bits per heavy atom. The van der Waals surface area contributed by atoms with Crippen molar-refractivity contribution in [2.75, 3.05) is 27.9 Å². The van der Waals surface area contributed by atoms with Gasteiger partial charge in [0.2, 0.25) is 5.91 Å². The lowest BCUT2D eigenvalue weighted by Gasteiger charge is -2.16. The van der Waals surface area contributed by atoms with Crippen molar-refractivity contribution >= 4 is 23.2 Å². The predicted molar refractivity (Wildman–Crippen MR) is 91.6 cm³/mol. The van der Waals surface area contributed by atoms with Crippen molar-refractivity contribution in [3.05, 3.63) is 23.8 Å². The summed E-state index contributed by atoms with van der Waals surface area (Å²) in [6.07, 6.45) is 0.149. The third-order valence-corrected chi connectivity index (χ3v) is 3.17. The number of benzene rings is 1. The fraction of sp³-hybridized carbons (Fsp3) is 0.467. The van der Waals surface area contributed by atoms with Crippen LogP contribution in [0.15, 0.2) is 18.2 Å². The van der Waals surface area contributed by atoms with E-state index in [1.165, 1.54) is 0 Å². The van der Waals surface area contributed by atoms with Crippen molar-refractivity contribution in [3.63, 3.8) is 0 Å². The van der Waals surface area contributed by atoms with Gasteiger partial charge in [-0.15, -0.1) is 0 Å². The minimum atomic E-state index is -0.239. The maximum absolute atomic E-state index is 12.0. The van der Waals surface area contributed by atoms with E-state index in [9.17, 15) is 4.79 Å². The molecule has 0 radical (unpaired) electrons. The third-order valence-electron chi connectivity index (χ3n) is 2.95. The van der Waals surface area contributed by atoms with E-state index in [0.717, 1.165) is 5.56 Å². The van der Waals surface area contributed by atoms with Crippen molar-refractivity contribution in [1.82, 2.24) is 16.2 Å². The molecule has 3 N–H and O–H groups in total. The summed E-state index contributed by atoms with van der Waals surface area (Å²) >= 11 is 5.08. The fourth-order valence-corrected chi connectivity index (χ4v) is 2.15. The van der Waals surface area contributed by atoms with Crippen LogP contribution in [0.1, 0.15) is 12.5 Å². The first-order chi connectivity index (χ1) is 11.0. The number of hydrazine groups is 1. The van der Waals surface area contributed by atoms with E-state index in [1.54, 1.807) is 39.5 Å². The molecule has 0 saturated carbocycles. The Hall–Kier alpha value is -2.06. The molecule has 0 aliphatic carbocycles. The van der Waals surface area contributed by atoms with Crippen LogP contribution in [0.2, 0.25) is 0 Å². The van der Waals surface area contributed by atoms with E-state index in [4.69, 9.17) is 26.4 Å². The molecule has 1 atom stereocenters. The number of carbonyl (C=O) groups excluding carboxylic acids is 1. The van der Waals surface area contributed by atoms with Crippen LogP contribution in [-0.2, 0) is 16.0 Å². The highest BCUT2D eigenvalue weighted by atomic mass is 32.1. The van der Waals surface area contributed by atoms with E-state index in [-0.39, 0.29) is 18.4 Å². The summed E-state index contributed by atoms with van der Waals surface area (Å²) in [6, 6.07) is 5.33. The lowest BCUT2D eigenvalue weighted by Crippen LogP contribution is -2.50. The summed E-state index contributed by atoms with van der Waals surface area (Å²) in [7, 11) is 4.73. The first-order valence-electron chi connectivity index (χ1n) is 7.05. The van der Waals surface area contributed by atoms with Crippen molar-refractivity contribution in [2.45, 2.75) is 19.4 Å². The van der Waals surface area contributed by atoms with Crippen LogP contribution in [0.3, 0.4) is 0 Å². The van der Waals surface area contributed by atoms with Gasteiger partial charge in [0.1, 0.15) is 11.5 Å². The molecular weight excluding hydrogens is 318 g/mol. The number of ether oxygens (including phenoxy) is 3. The quantitative estimate of drug-likeness (QED) is 0.499. The molecule has 1 aromatic carbocycles. The smallest absolute Gasteiger partial charge is 0.242 e. The number of thiocarbonyl (C=S) groups is 1. The summed E-state index contributed by atoms with van der Waals surface area (Å²) in [6.45, 7) is 2.43. The third kappa shape index (κ3) is 6.70. The molecule has 0 aromatic heterocycles. The fourth-order valence-electron chi connectivity index (χ4n) is 1.89. The van der Waals surface area contributed by atoms with Gasteiger partial charge in [0.05, 0.1) is 27.2 Å². The second-order valence-corrected chi connectivity index (χ2v) is 5.27. The number of methoxy groups -OCH3 is 3. The highest BCUT2D eigenvalue weighted by Crippen LogP contribution is 2.24. The highest BCUT2D eigenvalue weighted by molar-refractivity contribution is 7.80. The first kappa shape index (κ1) is 19.0. The molecule has 0 bridgehead atoms. The molecule has 0 aliphatic heterocycles. The highest BCUT2D eigenvalue weighted by Gasteiger charge is 2.10. The monoisotopic (exact) mass is 341 g/mol. The van der Waals surface area contributed by atoms with Gasteiger partial charge >= 0.3 is 0 Å². The second-order valence-electron chi connectivity index (χ2n) is 4.86. The zero-order valence-electron chi connectivity index (χ0n) is 13.8. The summed E-state index contributed by atoms with van der Waals surface area (Å²) in [5.41, 5.74) is 5.94. The number of hydrogen-bond acceptors (Lipinski definition) is 5. The zero-order chi connectivity index (χ0) is 17.2. The molecular formula is C15H23N3O4S. The lowest BCUT2D eigenvalue weighted by atomic mass is 10.1. The topological polar surface area (TPSA) is 80.9 Å². The van der Waals surface area contributed by atoms with Gasteiger partial charge in [-0.1, -0.05) is 6.07 Å². The van der Waals surface area contributed by atoms with Gasteiger partial charge in [-0.3, -0.25) is 15.6 Å².